The van der Waals surface area contributed by atoms with Gasteiger partial charge in [-0.1, -0.05) is 30.3 Å². The number of carbonyl (C=O) groups excluding carboxylic acids is 1. The van der Waals surface area contributed by atoms with Gasteiger partial charge in [0.1, 0.15) is 5.02 Å². The molecule has 1 aromatic carbocycles. The van der Waals surface area contributed by atoms with E-state index in [-0.39, 0.29) is 29.8 Å². The molecule has 1 aliphatic rings. The van der Waals surface area contributed by atoms with Crippen LogP contribution in [-0.4, -0.2) is 27.8 Å². The molecular weight excluding hydrogens is 388 g/mol. The van der Waals surface area contributed by atoms with E-state index in [0.29, 0.717) is 36.0 Å². The molecule has 2 aromatic rings. The van der Waals surface area contributed by atoms with Crippen molar-refractivity contribution in [3.05, 3.63) is 48.1 Å². The van der Waals surface area contributed by atoms with Gasteiger partial charge in [-0.2, -0.15) is 4.98 Å². The second-order valence-electron chi connectivity index (χ2n) is 6.53. The van der Waals surface area contributed by atoms with Crippen LogP contribution in [0.2, 0.25) is 5.02 Å². The summed E-state index contributed by atoms with van der Waals surface area (Å²) in [5, 5.41) is 9.14. The summed E-state index contributed by atoms with van der Waals surface area (Å²) in [6.07, 6.45) is 2.99. The molecule has 0 spiro atoms. The summed E-state index contributed by atoms with van der Waals surface area (Å²) in [5.74, 6) is -2.31. The summed E-state index contributed by atoms with van der Waals surface area (Å²) in [7, 11) is 0. The van der Waals surface area contributed by atoms with Crippen molar-refractivity contribution >= 4 is 40.6 Å². The van der Waals surface area contributed by atoms with Crippen molar-refractivity contribution in [2.75, 3.05) is 16.0 Å². The molecule has 0 aliphatic heterocycles. The molecule has 1 amide bonds. The lowest BCUT2D eigenvalue weighted by Gasteiger charge is -2.28. The zero-order chi connectivity index (χ0) is 20.1. The number of aromatic nitrogens is 2. The van der Waals surface area contributed by atoms with E-state index in [0.717, 1.165) is 0 Å². The van der Waals surface area contributed by atoms with Crippen LogP contribution in [0.5, 0.6) is 0 Å². The Balaban J connectivity index is 1.74. The largest absolute Gasteiger partial charge is 0.351 e. The SMILES string of the molecule is C=CC(=O)Nc1ccccc1Nc1nc(NC2CCC(F)(F)CC2)ncc1Cl. The second kappa shape index (κ2) is 8.52. The molecule has 3 rings (SSSR count). The minimum atomic E-state index is -2.59. The minimum absolute atomic E-state index is 0.118. The molecule has 9 heteroatoms. The van der Waals surface area contributed by atoms with E-state index >= 15 is 0 Å². The first-order valence-electron chi connectivity index (χ1n) is 8.83. The van der Waals surface area contributed by atoms with E-state index in [9.17, 15) is 13.6 Å². The molecule has 1 fully saturated rings. The van der Waals surface area contributed by atoms with E-state index in [1.54, 1.807) is 24.3 Å². The fourth-order valence-electron chi connectivity index (χ4n) is 2.90. The van der Waals surface area contributed by atoms with Crippen LogP contribution in [0.15, 0.2) is 43.1 Å². The third-order valence-corrected chi connectivity index (χ3v) is 4.69. The summed E-state index contributed by atoms with van der Waals surface area (Å²) in [5.41, 5.74) is 1.12. The number of carbonyl (C=O) groups is 1. The first-order valence-corrected chi connectivity index (χ1v) is 9.20. The molecule has 0 radical (unpaired) electrons. The molecule has 1 aromatic heterocycles. The number of alkyl halides is 2. The number of hydrogen-bond acceptors (Lipinski definition) is 5. The fourth-order valence-corrected chi connectivity index (χ4v) is 3.04. The molecule has 0 unspecified atom stereocenters. The monoisotopic (exact) mass is 407 g/mol. The van der Waals surface area contributed by atoms with E-state index in [1.165, 1.54) is 12.3 Å². The molecule has 1 aliphatic carbocycles. The van der Waals surface area contributed by atoms with Crippen LogP contribution in [0, 0.1) is 0 Å². The van der Waals surface area contributed by atoms with Crippen LogP contribution in [0.4, 0.5) is 31.9 Å². The van der Waals surface area contributed by atoms with Crippen molar-refractivity contribution in [1.29, 1.82) is 0 Å². The highest BCUT2D eigenvalue weighted by Gasteiger charge is 2.35. The van der Waals surface area contributed by atoms with Crippen LogP contribution < -0.4 is 16.0 Å². The maximum atomic E-state index is 13.3. The van der Waals surface area contributed by atoms with E-state index in [4.69, 9.17) is 11.6 Å². The van der Waals surface area contributed by atoms with Crippen LogP contribution in [0.1, 0.15) is 25.7 Å². The molecular formula is C19H20ClF2N5O. The van der Waals surface area contributed by atoms with Gasteiger partial charge in [0, 0.05) is 18.9 Å². The van der Waals surface area contributed by atoms with Crippen LogP contribution in [0.25, 0.3) is 0 Å². The Morgan fingerprint density at radius 3 is 2.61 bits per heavy atom. The number of hydrogen-bond donors (Lipinski definition) is 3. The van der Waals surface area contributed by atoms with Gasteiger partial charge in [0.25, 0.3) is 0 Å². The quantitative estimate of drug-likeness (QED) is 0.588. The lowest BCUT2D eigenvalue weighted by Crippen LogP contribution is -2.32. The number of amides is 1. The number of halogens is 3. The van der Waals surface area contributed by atoms with Gasteiger partial charge in [0.2, 0.25) is 17.8 Å². The van der Waals surface area contributed by atoms with Gasteiger partial charge in [0.15, 0.2) is 5.82 Å². The summed E-state index contributed by atoms with van der Waals surface area (Å²) in [4.78, 5) is 20.1. The Morgan fingerprint density at radius 2 is 1.93 bits per heavy atom. The number of nitrogens with zero attached hydrogens (tertiary/aromatic N) is 2. The smallest absolute Gasteiger partial charge is 0.248 e. The van der Waals surface area contributed by atoms with Crippen molar-refractivity contribution in [3.63, 3.8) is 0 Å². The topological polar surface area (TPSA) is 78.9 Å². The maximum absolute atomic E-state index is 13.3. The number of nitrogens with one attached hydrogen (secondary N) is 3. The zero-order valence-corrected chi connectivity index (χ0v) is 15.8. The first kappa shape index (κ1) is 20.0. The van der Waals surface area contributed by atoms with E-state index < -0.39 is 5.92 Å². The highest BCUT2D eigenvalue weighted by atomic mass is 35.5. The third kappa shape index (κ3) is 5.16. The Labute approximate surface area is 166 Å². The molecule has 3 N–H and O–H groups in total. The average molecular weight is 408 g/mol. The second-order valence-corrected chi connectivity index (χ2v) is 6.94. The van der Waals surface area contributed by atoms with E-state index in [2.05, 4.69) is 32.5 Å². The average Bonchev–Trinajstić information content (AvgIpc) is 2.67. The van der Waals surface area contributed by atoms with Crippen LogP contribution >= 0.6 is 11.6 Å². The Bertz CT molecular complexity index is 867. The summed E-state index contributed by atoms with van der Waals surface area (Å²) < 4.78 is 26.6. The van der Waals surface area contributed by atoms with Gasteiger partial charge in [-0.05, 0) is 31.1 Å². The Kier molecular flexibility index (Phi) is 6.08. The van der Waals surface area contributed by atoms with Gasteiger partial charge >= 0.3 is 0 Å². The summed E-state index contributed by atoms with van der Waals surface area (Å²) in [6.45, 7) is 3.43. The van der Waals surface area contributed by atoms with Gasteiger partial charge in [-0.3, -0.25) is 4.79 Å². The highest BCUT2D eigenvalue weighted by molar-refractivity contribution is 6.33. The summed E-state index contributed by atoms with van der Waals surface area (Å²) >= 11 is 6.19. The van der Waals surface area contributed by atoms with Crippen LogP contribution in [-0.2, 0) is 4.79 Å². The lowest BCUT2D eigenvalue weighted by atomic mass is 9.92. The molecule has 0 atom stereocenters. The first-order chi connectivity index (χ1) is 13.4. The molecule has 148 valence electrons. The van der Waals surface area contributed by atoms with Crippen molar-refractivity contribution in [2.24, 2.45) is 0 Å². The lowest BCUT2D eigenvalue weighted by molar-refractivity contribution is -0.111. The molecule has 28 heavy (non-hydrogen) atoms. The number of rotatable bonds is 6. The predicted octanol–water partition coefficient (Wildman–Crippen LogP) is 4.99. The number of para-hydroxylation sites is 2. The molecule has 0 saturated heterocycles. The fraction of sp³-hybridized carbons (Fsp3) is 0.316. The molecule has 6 nitrogen and oxygen atoms in total. The number of anilines is 4. The molecule has 1 heterocycles. The van der Waals surface area contributed by atoms with Gasteiger partial charge in [-0.15, -0.1) is 0 Å². The third-order valence-electron chi connectivity index (χ3n) is 4.42. The summed E-state index contributed by atoms with van der Waals surface area (Å²) in [6, 6.07) is 6.93. The van der Waals surface area contributed by atoms with Crippen molar-refractivity contribution < 1.29 is 13.6 Å². The predicted molar refractivity (Wildman–Crippen MR) is 106 cm³/mol. The minimum Gasteiger partial charge on any atom is -0.351 e. The zero-order valence-electron chi connectivity index (χ0n) is 15.0. The standard InChI is InChI=1S/C19H20ClF2N5O/c1-2-16(28)25-14-5-3-4-6-15(14)26-17-13(20)11-23-18(27-17)24-12-7-9-19(21,22)10-8-12/h2-6,11-12H,1,7-10H2,(H,25,28)(H2,23,24,26,27). The van der Waals surface area contributed by atoms with Crippen molar-refractivity contribution in [3.8, 4) is 0 Å². The maximum Gasteiger partial charge on any atom is 0.248 e. The van der Waals surface area contributed by atoms with Gasteiger partial charge in [0.05, 0.1) is 17.6 Å². The normalized spacial score (nSPS) is 16.2. The molecule has 1 saturated carbocycles. The highest BCUT2D eigenvalue weighted by Crippen LogP contribution is 2.34. The van der Waals surface area contributed by atoms with Crippen LogP contribution in [0.3, 0.4) is 0 Å². The van der Waals surface area contributed by atoms with Crippen molar-refractivity contribution in [2.45, 2.75) is 37.6 Å². The van der Waals surface area contributed by atoms with E-state index in [1.807, 2.05) is 0 Å². The van der Waals surface area contributed by atoms with Gasteiger partial charge in [-0.25, -0.2) is 13.8 Å². The number of benzene rings is 1. The Hall–Kier alpha value is -2.74. The molecule has 0 bridgehead atoms. The van der Waals surface area contributed by atoms with Crippen molar-refractivity contribution in [1.82, 2.24) is 9.97 Å². The van der Waals surface area contributed by atoms with Gasteiger partial charge < -0.3 is 16.0 Å². The Morgan fingerprint density at radius 1 is 1.25 bits per heavy atom.